The zero-order valence-electron chi connectivity index (χ0n) is 19.6. The molecule has 0 unspecified atom stereocenters. The van der Waals surface area contributed by atoms with Crippen LogP contribution in [0.2, 0.25) is 0 Å². The monoisotopic (exact) mass is 497 g/mol. The van der Waals surface area contributed by atoms with Crippen molar-refractivity contribution < 1.29 is 27.5 Å². The Balaban J connectivity index is 1.93. The van der Waals surface area contributed by atoms with Crippen LogP contribution in [-0.4, -0.2) is 40.5 Å². The van der Waals surface area contributed by atoms with E-state index in [0.717, 1.165) is 4.31 Å². The molecule has 35 heavy (non-hydrogen) atoms. The number of methoxy groups -OCH3 is 1. The Morgan fingerprint density at radius 3 is 2.17 bits per heavy atom. The number of amides is 2. The number of carbonyl (C=O) groups is 2. The molecule has 3 aromatic carbocycles. The van der Waals surface area contributed by atoms with E-state index >= 15 is 0 Å². The zero-order chi connectivity index (χ0) is 25.4. The number of anilines is 3. The first kappa shape index (κ1) is 25.6. The third-order valence-electron chi connectivity index (χ3n) is 4.87. The molecule has 0 radical (unpaired) electrons. The van der Waals surface area contributed by atoms with Crippen LogP contribution in [-0.2, 0) is 19.6 Å². The van der Waals surface area contributed by atoms with Gasteiger partial charge in [-0.3, -0.25) is 13.9 Å². The predicted octanol–water partition coefficient (Wildman–Crippen LogP) is 3.89. The number of sulfonamides is 1. The quantitative estimate of drug-likeness (QED) is 0.439. The topological polar surface area (TPSA) is 114 Å². The molecule has 0 aliphatic rings. The second-order valence-corrected chi connectivity index (χ2v) is 9.25. The molecule has 184 valence electrons. The molecule has 9 nitrogen and oxygen atoms in total. The molecule has 3 aromatic rings. The Hall–Kier alpha value is -4.05. The Bertz CT molecular complexity index is 1280. The number of para-hydroxylation sites is 2. The van der Waals surface area contributed by atoms with E-state index in [-0.39, 0.29) is 16.5 Å². The van der Waals surface area contributed by atoms with Crippen LogP contribution in [0, 0.1) is 0 Å². The minimum Gasteiger partial charge on any atom is -0.497 e. The molecule has 2 amide bonds. The van der Waals surface area contributed by atoms with Crippen LogP contribution in [0.3, 0.4) is 0 Å². The Morgan fingerprint density at radius 1 is 0.914 bits per heavy atom. The Labute approximate surface area is 204 Å². The molecule has 0 saturated carbocycles. The lowest BCUT2D eigenvalue weighted by Gasteiger charge is -2.24. The second-order valence-electron chi connectivity index (χ2n) is 7.39. The average Bonchev–Trinajstić information content (AvgIpc) is 2.84. The third kappa shape index (κ3) is 6.51. The summed E-state index contributed by atoms with van der Waals surface area (Å²) in [6.07, 6.45) is 0. The van der Waals surface area contributed by atoms with Crippen molar-refractivity contribution in [2.75, 3.05) is 35.2 Å². The molecule has 0 spiro atoms. The first-order valence-electron chi connectivity index (χ1n) is 10.8. The average molecular weight is 498 g/mol. The molecular formula is C25H27N3O6S. The van der Waals surface area contributed by atoms with Crippen molar-refractivity contribution in [3.63, 3.8) is 0 Å². The van der Waals surface area contributed by atoms with Gasteiger partial charge in [-0.1, -0.05) is 12.1 Å². The van der Waals surface area contributed by atoms with Gasteiger partial charge in [0.15, 0.2) is 0 Å². The smallest absolute Gasteiger partial charge is 0.264 e. The van der Waals surface area contributed by atoms with E-state index < -0.39 is 22.5 Å². The first-order chi connectivity index (χ1) is 16.7. The summed E-state index contributed by atoms with van der Waals surface area (Å²) < 4.78 is 38.9. The summed E-state index contributed by atoms with van der Waals surface area (Å²) in [6, 6.07) is 19.0. The molecule has 0 atom stereocenters. The van der Waals surface area contributed by atoms with Gasteiger partial charge in [0, 0.05) is 12.6 Å². The summed E-state index contributed by atoms with van der Waals surface area (Å²) in [7, 11) is -2.64. The van der Waals surface area contributed by atoms with Crippen LogP contribution < -0.4 is 24.4 Å². The van der Waals surface area contributed by atoms with Gasteiger partial charge in [-0.15, -0.1) is 0 Å². The van der Waals surface area contributed by atoms with E-state index in [9.17, 15) is 18.0 Å². The van der Waals surface area contributed by atoms with Gasteiger partial charge in [0.25, 0.3) is 10.0 Å². The lowest BCUT2D eigenvalue weighted by atomic mass is 10.3. The van der Waals surface area contributed by atoms with E-state index in [1.807, 2.05) is 6.92 Å². The van der Waals surface area contributed by atoms with Crippen LogP contribution in [0.15, 0.2) is 77.7 Å². The van der Waals surface area contributed by atoms with E-state index in [0.29, 0.717) is 29.5 Å². The minimum atomic E-state index is -4.14. The van der Waals surface area contributed by atoms with Gasteiger partial charge in [0.1, 0.15) is 18.0 Å². The van der Waals surface area contributed by atoms with Crippen LogP contribution in [0.5, 0.6) is 11.5 Å². The van der Waals surface area contributed by atoms with Crippen LogP contribution in [0.4, 0.5) is 17.1 Å². The van der Waals surface area contributed by atoms with Crippen molar-refractivity contribution in [1.29, 1.82) is 0 Å². The van der Waals surface area contributed by atoms with Gasteiger partial charge >= 0.3 is 0 Å². The highest BCUT2D eigenvalue weighted by Crippen LogP contribution is 2.28. The lowest BCUT2D eigenvalue weighted by molar-refractivity contribution is -0.115. The van der Waals surface area contributed by atoms with E-state index in [1.54, 1.807) is 48.5 Å². The molecule has 10 heteroatoms. The summed E-state index contributed by atoms with van der Waals surface area (Å²) in [6.45, 7) is 3.11. The molecule has 0 bridgehead atoms. The molecule has 3 rings (SSSR count). The summed E-state index contributed by atoms with van der Waals surface area (Å²) >= 11 is 0. The van der Waals surface area contributed by atoms with Crippen LogP contribution in [0.1, 0.15) is 13.8 Å². The van der Waals surface area contributed by atoms with Crippen molar-refractivity contribution in [3.05, 3.63) is 72.8 Å². The highest BCUT2D eigenvalue weighted by atomic mass is 32.2. The van der Waals surface area contributed by atoms with Crippen molar-refractivity contribution in [2.45, 2.75) is 18.7 Å². The first-order valence-corrected chi connectivity index (χ1v) is 12.2. The summed E-state index contributed by atoms with van der Waals surface area (Å²) in [4.78, 5) is 24.2. The third-order valence-corrected chi connectivity index (χ3v) is 6.66. The number of nitrogens with zero attached hydrogens (tertiary/aromatic N) is 1. The SMILES string of the molecule is CCOc1ccccc1NC(=O)CN(c1ccc(OC)cc1)S(=O)(=O)c1ccc(NC(C)=O)cc1. The number of nitrogens with one attached hydrogen (secondary N) is 2. The van der Waals surface area contributed by atoms with Crippen LogP contribution >= 0.6 is 0 Å². The Kier molecular flexibility index (Phi) is 8.32. The molecule has 0 heterocycles. The van der Waals surface area contributed by atoms with Gasteiger partial charge in [-0.2, -0.15) is 0 Å². The van der Waals surface area contributed by atoms with Crippen molar-refractivity contribution in [3.8, 4) is 11.5 Å². The lowest BCUT2D eigenvalue weighted by Crippen LogP contribution is -2.38. The fourth-order valence-corrected chi connectivity index (χ4v) is 4.70. The van der Waals surface area contributed by atoms with Crippen molar-refractivity contribution in [1.82, 2.24) is 0 Å². The summed E-state index contributed by atoms with van der Waals surface area (Å²) in [5.74, 6) is 0.201. The maximum atomic E-state index is 13.6. The van der Waals surface area contributed by atoms with Gasteiger partial charge in [-0.05, 0) is 67.6 Å². The number of benzene rings is 3. The van der Waals surface area contributed by atoms with Crippen LogP contribution in [0.25, 0.3) is 0 Å². The number of hydrogen-bond donors (Lipinski definition) is 2. The molecule has 0 aromatic heterocycles. The largest absolute Gasteiger partial charge is 0.497 e. The van der Waals surface area contributed by atoms with E-state index in [4.69, 9.17) is 9.47 Å². The highest BCUT2D eigenvalue weighted by molar-refractivity contribution is 7.92. The zero-order valence-corrected chi connectivity index (χ0v) is 20.5. The number of rotatable bonds is 10. The maximum Gasteiger partial charge on any atom is 0.264 e. The Morgan fingerprint density at radius 2 is 1.57 bits per heavy atom. The predicted molar refractivity (Wildman–Crippen MR) is 135 cm³/mol. The van der Waals surface area contributed by atoms with E-state index in [2.05, 4.69) is 10.6 Å². The normalized spacial score (nSPS) is 10.8. The molecule has 0 fully saturated rings. The highest BCUT2D eigenvalue weighted by Gasteiger charge is 2.27. The fourth-order valence-electron chi connectivity index (χ4n) is 3.28. The van der Waals surface area contributed by atoms with Gasteiger partial charge in [-0.25, -0.2) is 8.42 Å². The molecule has 2 N–H and O–H groups in total. The van der Waals surface area contributed by atoms with Crippen molar-refractivity contribution in [2.24, 2.45) is 0 Å². The number of ether oxygens (including phenoxy) is 2. The summed E-state index contributed by atoms with van der Waals surface area (Å²) in [5, 5.41) is 5.33. The standard InChI is InChI=1S/C25H27N3O6S/c1-4-34-24-8-6-5-7-23(24)27-25(30)17-28(20-11-13-21(33-3)14-12-20)35(31,32)22-15-9-19(10-16-22)26-18(2)29/h5-16H,4,17H2,1-3H3,(H,26,29)(H,27,30). The van der Waals surface area contributed by atoms with Gasteiger partial charge in [0.05, 0.1) is 30.0 Å². The summed E-state index contributed by atoms with van der Waals surface area (Å²) in [5.41, 5.74) is 1.17. The maximum absolute atomic E-state index is 13.6. The van der Waals surface area contributed by atoms with Gasteiger partial charge < -0.3 is 20.1 Å². The molecule has 0 aliphatic heterocycles. The fraction of sp³-hybridized carbons (Fsp3) is 0.200. The molecule has 0 saturated heterocycles. The number of hydrogen-bond acceptors (Lipinski definition) is 6. The minimum absolute atomic E-state index is 0.0371. The molecular weight excluding hydrogens is 470 g/mol. The number of carbonyl (C=O) groups excluding carboxylic acids is 2. The van der Waals surface area contributed by atoms with E-state index in [1.165, 1.54) is 38.3 Å². The molecule has 0 aliphatic carbocycles. The second kappa shape index (κ2) is 11.4. The van der Waals surface area contributed by atoms with Gasteiger partial charge in [0.2, 0.25) is 11.8 Å². The van der Waals surface area contributed by atoms with Crippen molar-refractivity contribution >= 4 is 38.9 Å².